The van der Waals surface area contributed by atoms with E-state index in [-0.39, 0.29) is 23.6 Å². The van der Waals surface area contributed by atoms with Crippen LogP contribution in [0.15, 0.2) is 52.6 Å². The summed E-state index contributed by atoms with van der Waals surface area (Å²) < 4.78 is 18.4. The predicted molar refractivity (Wildman–Crippen MR) is 107 cm³/mol. The van der Waals surface area contributed by atoms with Crippen LogP contribution in [0.3, 0.4) is 0 Å². The van der Waals surface area contributed by atoms with Crippen molar-refractivity contribution in [1.29, 1.82) is 5.26 Å². The number of carbonyl (C=O) groups excluding carboxylic acids is 2. The fraction of sp³-hybridized carbons (Fsp3) is 0.150. The van der Waals surface area contributed by atoms with Crippen LogP contribution in [-0.2, 0) is 9.59 Å². The van der Waals surface area contributed by atoms with Crippen LogP contribution in [0.1, 0.15) is 17.5 Å². The standard InChI is InChI=1S/C20H17FN6O3/c1-30-17-5-3-2-4-12(17)11-23-27-20-25-16(19(29)26-20)9-18(28)24-15-7-6-14(21)8-13(15)10-22/h2-8,11,16H,9H2,1H3,(H,24,28)(H2,25,26,27,29). The highest BCUT2D eigenvalue weighted by Crippen LogP contribution is 2.17. The molecule has 1 heterocycles. The molecule has 1 atom stereocenters. The summed E-state index contributed by atoms with van der Waals surface area (Å²) in [6.07, 6.45) is 1.25. The summed E-state index contributed by atoms with van der Waals surface area (Å²) in [4.78, 5) is 28.4. The first-order chi connectivity index (χ1) is 14.5. The van der Waals surface area contributed by atoms with Gasteiger partial charge in [0.25, 0.3) is 5.91 Å². The molecule has 0 aromatic heterocycles. The average Bonchev–Trinajstić information content (AvgIpc) is 3.08. The minimum atomic E-state index is -0.958. The minimum absolute atomic E-state index is 0.0178. The number of nitrogens with one attached hydrogen (secondary N) is 3. The van der Waals surface area contributed by atoms with Crippen LogP contribution < -0.4 is 20.8 Å². The number of ether oxygens (including phenoxy) is 1. The van der Waals surface area contributed by atoms with Crippen LogP contribution in [0.5, 0.6) is 5.75 Å². The summed E-state index contributed by atoms with van der Waals surface area (Å²) in [5, 5.41) is 18.0. The van der Waals surface area contributed by atoms with Gasteiger partial charge in [-0.2, -0.15) is 10.4 Å². The summed E-state index contributed by atoms with van der Waals surface area (Å²) >= 11 is 0. The van der Waals surface area contributed by atoms with Gasteiger partial charge in [-0.1, -0.05) is 12.1 Å². The third kappa shape index (κ3) is 4.96. The number of hydrazone groups is 1. The Morgan fingerprint density at radius 3 is 2.97 bits per heavy atom. The van der Waals surface area contributed by atoms with Gasteiger partial charge in [-0.3, -0.25) is 14.9 Å². The van der Waals surface area contributed by atoms with Crippen molar-refractivity contribution in [3.8, 4) is 11.8 Å². The summed E-state index contributed by atoms with van der Waals surface area (Å²) in [5.41, 5.74) is 3.47. The topological polar surface area (TPSA) is 128 Å². The second-order valence-electron chi connectivity index (χ2n) is 6.15. The number of halogens is 1. The average molecular weight is 408 g/mol. The van der Waals surface area contributed by atoms with E-state index < -0.39 is 23.7 Å². The van der Waals surface area contributed by atoms with Gasteiger partial charge in [0, 0.05) is 5.56 Å². The number of methoxy groups -OCH3 is 1. The molecule has 1 unspecified atom stereocenters. The van der Waals surface area contributed by atoms with E-state index in [1.165, 1.54) is 12.3 Å². The van der Waals surface area contributed by atoms with Gasteiger partial charge in [0.15, 0.2) is 0 Å². The molecule has 0 aliphatic carbocycles. The Kier molecular flexibility index (Phi) is 6.34. The van der Waals surface area contributed by atoms with Gasteiger partial charge in [-0.25, -0.2) is 14.8 Å². The first-order valence-corrected chi connectivity index (χ1v) is 8.80. The lowest BCUT2D eigenvalue weighted by molar-refractivity contribution is -0.123. The van der Waals surface area contributed by atoms with Crippen molar-refractivity contribution >= 4 is 29.7 Å². The lowest BCUT2D eigenvalue weighted by Crippen LogP contribution is -2.35. The quantitative estimate of drug-likeness (QED) is 0.493. The highest BCUT2D eigenvalue weighted by atomic mass is 19.1. The molecule has 1 aliphatic rings. The van der Waals surface area contributed by atoms with Crippen molar-refractivity contribution < 1.29 is 18.7 Å². The Morgan fingerprint density at radius 1 is 1.40 bits per heavy atom. The zero-order valence-corrected chi connectivity index (χ0v) is 15.8. The number of anilines is 1. The molecule has 0 fully saturated rings. The molecular formula is C20H17FN6O3. The summed E-state index contributed by atoms with van der Waals surface area (Å²) in [6, 6.07) is 11.5. The largest absolute Gasteiger partial charge is 0.496 e. The molecule has 2 amide bonds. The molecule has 0 saturated carbocycles. The van der Waals surface area contributed by atoms with Crippen molar-refractivity contribution in [2.24, 2.45) is 10.1 Å². The number of hydrogen-bond acceptors (Lipinski definition) is 7. The van der Waals surface area contributed by atoms with Crippen molar-refractivity contribution in [2.75, 3.05) is 12.4 Å². The van der Waals surface area contributed by atoms with E-state index in [9.17, 15) is 14.0 Å². The van der Waals surface area contributed by atoms with E-state index in [1.54, 1.807) is 25.3 Å². The molecule has 2 aromatic rings. The zero-order chi connectivity index (χ0) is 21.5. The third-order valence-electron chi connectivity index (χ3n) is 4.10. The fourth-order valence-electron chi connectivity index (χ4n) is 2.67. The van der Waals surface area contributed by atoms with Gasteiger partial charge in [-0.05, 0) is 30.3 Å². The molecule has 3 rings (SSSR count). The van der Waals surface area contributed by atoms with Crippen LogP contribution in [0.2, 0.25) is 0 Å². The van der Waals surface area contributed by atoms with E-state index in [1.807, 2.05) is 12.1 Å². The van der Waals surface area contributed by atoms with Gasteiger partial charge in [-0.15, -0.1) is 0 Å². The van der Waals surface area contributed by atoms with Crippen LogP contribution in [-0.4, -0.2) is 37.1 Å². The lowest BCUT2D eigenvalue weighted by Gasteiger charge is -2.08. The molecule has 30 heavy (non-hydrogen) atoms. The van der Waals surface area contributed by atoms with Crippen molar-refractivity contribution in [3.63, 3.8) is 0 Å². The third-order valence-corrected chi connectivity index (χ3v) is 4.10. The number of rotatable bonds is 6. The Labute approximate surface area is 171 Å². The predicted octanol–water partition coefficient (Wildman–Crippen LogP) is 1.51. The summed E-state index contributed by atoms with van der Waals surface area (Å²) in [7, 11) is 1.54. The maximum atomic E-state index is 13.2. The normalized spacial score (nSPS) is 15.3. The van der Waals surface area contributed by atoms with Gasteiger partial charge in [0.05, 0.1) is 31.0 Å². The number of hydrogen-bond donors (Lipinski definition) is 3. The van der Waals surface area contributed by atoms with Crippen LogP contribution in [0.25, 0.3) is 0 Å². The van der Waals surface area contributed by atoms with E-state index in [4.69, 9.17) is 10.00 Å². The smallest absolute Gasteiger partial charge is 0.252 e. The van der Waals surface area contributed by atoms with Gasteiger partial charge >= 0.3 is 0 Å². The monoisotopic (exact) mass is 408 g/mol. The van der Waals surface area contributed by atoms with Gasteiger partial charge in [0.1, 0.15) is 23.7 Å². The highest BCUT2D eigenvalue weighted by Gasteiger charge is 2.28. The van der Waals surface area contributed by atoms with Gasteiger partial charge < -0.3 is 10.1 Å². The molecule has 152 valence electrons. The van der Waals surface area contributed by atoms with Gasteiger partial charge in [0.2, 0.25) is 11.9 Å². The van der Waals surface area contributed by atoms with E-state index in [0.29, 0.717) is 5.75 Å². The maximum absolute atomic E-state index is 13.2. The molecule has 1 aliphatic heterocycles. The van der Waals surface area contributed by atoms with Crippen LogP contribution in [0, 0.1) is 17.1 Å². The Bertz CT molecular complexity index is 1080. The Morgan fingerprint density at radius 2 is 2.20 bits per heavy atom. The highest BCUT2D eigenvalue weighted by molar-refractivity contribution is 6.07. The molecular weight excluding hydrogens is 391 g/mol. The zero-order valence-electron chi connectivity index (χ0n) is 15.8. The number of nitrogens with zero attached hydrogens (tertiary/aromatic N) is 3. The molecule has 0 bridgehead atoms. The molecule has 3 N–H and O–H groups in total. The number of para-hydroxylation sites is 1. The maximum Gasteiger partial charge on any atom is 0.252 e. The van der Waals surface area contributed by atoms with Crippen LogP contribution >= 0.6 is 0 Å². The first kappa shape index (κ1) is 20.5. The number of carbonyl (C=O) groups is 2. The molecule has 10 heteroatoms. The second kappa shape index (κ2) is 9.29. The molecule has 9 nitrogen and oxygen atoms in total. The number of benzene rings is 2. The summed E-state index contributed by atoms with van der Waals surface area (Å²) in [6.45, 7) is 0. The van der Waals surface area contributed by atoms with E-state index in [2.05, 4.69) is 26.2 Å². The Balaban J connectivity index is 1.60. The molecule has 0 spiro atoms. The van der Waals surface area contributed by atoms with Crippen molar-refractivity contribution in [3.05, 3.63) is 59.4 Å². The first-order valence-electron chi connectivity index (χ1n) is 8.80. The minimum Gasteiger partial charge on any atom is -0.496 e. The van der Waals surface area contributed by atoms with E-state index >= 15 is 0 Å². The lowest BCUT2D eigenvalue weighted by atomic mass is 10.1. The van der Waals surface area contributed by atoms with Crippen LogP contribution in [0.4, 0.5) is 10.1 Å². The number of nitriles is 1. The Hall–Kier alpha value is -4.26. The second-order valence-corrected chi connectivity index (χ2v) is 6.15. The SMILES string of the molecule is COc1ccccc1C=NNC1=NC(CC(=O)Nc2ccc(F)cc2C#N)C(=O)N1. The van der Waals surface area contributed by atoms with E-state index in [0.717, 1.165) is 17.7 Å². The molecule has 0 radical (unpaired) electrons. The number of aliphatic imine (C=N–C) groups is 1. The molecule has 0 saturated heterocycles. The molecule has 2 aromatic carbocycles. The summed E-state index contributed by atoms with van der Waals surface area (Å²) in [5.74, 6) is -0.870. The van der Waals surface area contributed by atoms with Crippen molar-refractivity contribution in [2.45, 2.75) is 12.5 Å². The number of guanidine groups is 1. The van der Waals surface area contributed by atoms with Crippen molar-refractivity contribution in [1.82, 2.24) is 10.7 Å². The number of amides is 2. The fourth-order valence-corrected chi connectivity index (χ4v) is 2.67.